The molecule has 0 saturated heterocycles. The predicted molar refractivity (Wildman–Crippen MR) is 95.4 cm³/mol. The summed E-state index contributed by atoms with van der Waals surface area (Å²) in [6.45, 7) is 1.53. The number of hydrogen-bond acceptors (Lipinski definition) is 5. The standard InChI is InChI=1S/C20H21NO5/c1-24-20(23)16-6-2-15(3-7-16)13-21-19(22)9-5-14-4-8-17-18(12-14)26-11-10-25-17/h2-4,6-8,12H,5,9-11,13H2,1H3,(H,21,22). The molecule has 6 heteroatoms. The number of rotatable bonds is 6. The van der Waals surface area contributed by atoms with Gasteiger partial charge in [-0.25, -0.2) is 4.79 Å². The molecule has 0 aliphatic carbocycles. The number of fused-ring (bicyclic) bond motifs is 1. The van der Waals surface area contributed by atoms with Gasteiger partial charge in [0.25, 0.3) is 0 Å². The summed E-state index contributed by atoms with van der Waals surface area (Å²) < 4.78 is 15.7. The third kappa shape index (κ3) is 4.53. The van der Waals surface area contributed by atoms with Crippen LogP contribution < -0.4 is 14.8 Å². The van der Waals surface area contributed by atoms with E-state index < -0.39 is 0 Å². The van der Waals surface area contributed by atoms with Crippen LogP contribution in [0, 0.1) is 0 Å². The number of methoxy groups -OCH3 is 1. The highest BCUT2D eigenvalue weighted by atomic mass is 16.6. The molecule has 2 aromatic carbocycles. The lowest BCUT2D eigenvalue weighted by molar-refractivity contribution is -0.121. The number of amides is 1. The van der Waals surface area contributed by atoms with Crippen LogP contribution >= 0.6 is 0 Å². The molecule has 0 fully saturated rings. The number of carbonyl (C=O) groups excluding carboxylic acids is 2. The quantitative estimate of drug-likeness (QED) is 0.806. The molecule has 136 valence electrons. The molecule has 0 spiro atoms. The Morgan fingerprint density at radius 3 is 2.42 bits per heavy atom. The third-order valence-corrected chi connectivity index (χ3v) is 4.11. The fraction of sp³-hybridized carbons (Fsp3) is 0.300. The summed E-state index contributed by atoms with van der Waals surface area (Å²) in [4.78, 5) is 23.5. The Bertz CT molecular complexity index is 785. The number of ether oxygens (including phenoxy) is 3. The number of carbonyl (C=O) groups is 2. The van der Waals surface area contributed by atoms with Gasteiger partial charge in [0.1, 0.15) is 13.2 Å². The maximum Gasteiger partial charge on any atom is 0.337 e. The van der Waals surface area contributed by atoms with Crippen LogP contribution in [-0.2, 0) is 22.5 Å². The molecule has 1 amide bonds. The average Bonchev–Trinajstić information content (AvgIpc) is 2.70. The van der Waals surface area contributed by atoms with E-state index in [-0.39, 0.29) is 11.9 Å². The van der Waals surface area contributed by atoms with Gasteiger partial charge in [0.15, 0.2) is 11.5 Å². The fourth-order valence-electron chi connectivity index (χ4n) is 2.67. The molecule has 3 rings (SSSR count). The van der Waals surface area contributed by atoms with Crippen LogP contribution in [0.1, 0.15) is 27.9 Å². The first kappa shape index (κ1) is 17.8. The van der Waals surface area contributed by atoms with E-state index >= 15 is 0 Å². The Hall–Kier alpha value is -3.02. The van der Waals surface area contributed by atoms with Crippen molar-refractivity contribution >= 4 is 11.9 Å². The van der Waals surface area contributed by atoms with Crippen LogP contribution in [0.15, 0.2) is 42.5 Å². The molecule has 0 radical (unpaired) electrons. The van der Waals surface area contributed by atoms with Gasteiger partial charge in [-0.1, -0.05) is 18.2 Å². The topological polar surface area (TPSA) is 73.9 Å². The van der Waals surface area contributed by atoms with Crippen molar-refractivity contribution in [3.8, 4) is 11.5 Å². The van der Waals surface area contributed by atoms with E-state index in [9.17, 15) is 9.59 Å². The van der Waals surface area contributed by atoms with Crippen LogP contribution in [0.3, 0.4) is 0 Å². The molecule has 1 aliphatic rings. The first-order valence-electron chi connectivity index (χ1n) is 8.48. The minimum absolute atomic E-state index is 0.0306. The van der Waals surface area contributed by atoms with E-state index in [1.54, 1.807) is 24.3 Å². The minimum Gasteiger partial charge on any atom is -0.486 e. The van der Waals surface area contributed by atoms with Crippen molar-refractivity contribution in [2.75, 3.05) is 20.3 Å². The average molecular weight is 355 g/mol. The maximum absolute atomic E-state index is 12.1. The van der Waals surface area contributed by atoms with Crippen molar-refractivity contribution in [1.82, 2.24) is 5.32 Å². The van der Waals surface area contributed by atoms with Crippen LogP contribution in [0.5, 0.6) is 11.5 Å². The summed E-state index contributed by atoms with van der Waals surface area (Å²) in [5, 5.41) is 2.88. The molecular formula is C20H21NO5. The number of aryl methyl sites for hydroxylation is 1. The highest BCUT2D eigenvalue weighted by Crippen LogP contribution is 2.31. The monoisotopic (exact) mass is 355 g/mol. The van der Waals surface area contributed by atoms with E-state index in [1.807, 2.05) is 18.2 Å². The number of benzene rings is 2. The summed E-state index contributed by atoms with van der Waals surface area (Å²) >= 11 is 0. The Kier molecular flexibility index (Phi) is 5.73. The van der Waals surface area contributed by atoms with E-state index in [0.717, 1.165) is 22.6 Å². The summed E-state index contributed by atoms with van der Waals surface area (Å²) in [7, 11) is 1.35. The molecule has 2 aromatic rings. The summed E-state index contributed by atoms with van der Waals surface area (Å²) in [6, 6.07) is 12.7. The molecule has 6 nitrogen and oxygen atoms in total. The number of esters is 1. The zero-order valence-corrected chi connectivity index (χ0v) is 14.6. The second-order valence-electron chi connectivity index (χ2n) is 5.94. The van der Waals surface area contributed by atoms with Crippen molar-refractivity contribution in [2.24, 2.45) is 0 Å². The molecule has 0 unspecified atom stereocenters. The maximum atomic E-state index is 12.1. The van der Waals surface area contributed by atoms with Gasteiger partial charge >= 0.3 is 5.97 Å². The Balaban J connectivity index is 1.46. The largest absolute Gasteiger partial charge is 0.486 e. The van der Waals surface area contributed by atoms with Crippen molar-refractivity contribution in [3.63, 3.8) is 0 Å². The molecule has 1 aliphatic heterocycles. The van der Waals surface area contributed by atoms with Gasteiger partial charge in [-0.15, -0.1) is 0 Å². The summed E-state index contributed by atoms with van der Waals surface area (Å²) in [5.41, 5.74) is 2.44. The minimum atomic E-state index is -0.375. The van der Waals surface area contributed by atoms with Gasteiger partial charge in [-0.05, 0) is 41.8 Å². The number of hydrogen-bond donors (Lipinski definition) is 1. The van der Waals surface area contributed by atoms with Gasteiger partial charge < -0.3 is 19.5 Å². The molecule has 0 saturated carbocycles. The summed E-state index contributed by atoms with van der Waals surface area (Å²) in [6.07, 6.45) is 1.02. The second kappa shape index (κ2) is 8.38. The van der Waals surface area contributed by atoms with Crippen LogP contribution in [-0.4, -0.2) is 32.2 Å². The van der Waals surface area contributed by atoms with Gasteiger partial charge in [-0.2, -0.15) is 0 Å². The van der Waals surface area contributed by atoms with E-state index in [4.69, 9.17) is 9.47 Å². The zero-order valence-electron chi connectivity index (χ0n) is 14.6. The predicted octanol–water partition coefficient (Wildman–Crippen LogP) is 2.49. The molecule has 26 heavy (non-hydrogen) atoms. The Morgan fingerprint density at radius 2 is 1.69 bits per heavy atom. The van der Waals surface area contributed by atoms with Gasteiger partial charge in [0.2, 0.25) is 5.91 Å². The van der Waals surface area contributed by atoms with E-state index in [1.165, 1.54) is 7.11 Å². The van der Waals surface area contributed by atoms with Crippen LogP contribution in [0.25, 0.3) is 0 Å². The Morgan fingerprint density at radius 1 is 1.00 bits per heavy atom. The van der Waals surface area contributed by atoms with E-state index in [0.29, 0.717) is 38.2 Å². The van der Waals surface area contributed by atoms with Crippen molar-refractivity contribution in [3.05, 3.63) is 59.2 Å². The first-order valence-corrected chi connectivity index (χ1v) is 8.48. The van der Waals surface area contributed by atoms with Crippen LogP contribution in [0.4, 0.5) is 0 Å². The molecule has 1 N–H and O–H groups in total. The fourth-order valence-corrected chi connectivity index (χ4v) is 2.67. The number of nitrogens with one attached hydrogen (secondary N) is 1. The third-order valence-electron chi connectivity index (χ3n) is 4.11. The normalized spacial score (nSPS) is 12.3. The molecule has 1 heterocycles. The SMILES string of the molecule is COC(=O)c1ccc(CNC(=O)CCc2ccc3c(c2)OCCO3)cc1. The zero-order chi connectivity index (χ0) is 18.4. The highest BCUT2D eigenvalue weighted by Gasteiger charge is 2.12. The highest BCUT2D eigenvalue weighted by molar-refractivity contribution is 5.89. The second-order valence-corrected chi connectivity index (χ2v) is 5.94. The van der Waals surface area contributed by atoms with E-state index in [2.05, 4.69) is 10.1 Å². The lowest BCUT2D eigenvalue weighted by Crippen LogP contribution is -2.23. The summed E-state index contributed by atoms with van der Waals surface area (Å²) in [5.74, 6) is 1.08. The van der Waals surface area contributed by atoms with Crippen LogP contribution in [0.2, 0.25) is 0 Å². The first-order chi connectivity index (χ1) is 12.7. The molecular weight excluding hydrogens is 334 g/mol. The lowest BCUT2D eigenvalue weighted by atomic mass is 10.1. The molecule has 0 aromatic heterocycles. The smallest absolute Gasteiger partial charge is 0.337 e. The van der Waals surface area contributed by atoms with Crippen molar-refractivity contribution in [1.29, 1.82) is 0 Å². The van der Waals surface area contributed by atoms with Gasteiger partial charge in [0.05, 0.1) is 12.7 Å². The lowest BCUT2D eigenvalue weighted by Gasteiger charge is -2.18. The Labute approximate surface area is 152 Å². The van der Waals surface area contributed by atoms with Crippen molar-refractivity contribution in [2.45, 2.75) is 19.4 Å². The molecule has 0 bridgehead atoms. The van der Waals surface area contributed by atoms with Gasteiger partial charge in [0, 0.05) is 13.0 Å². The molecule has 0 atom stereocenters. The van der Waals surface area contributed by atoms with Crippen molar-refractivity contribution < 1.29 is 23.8 Å². The van der Waals surface area contributed by atoms with Gasteiger partial charge in [-0.3, -0.25) is 4.79 Å².